The third-order valence-electron chi connectivity index (χ3n) is 3.74. The lowest BCUT2D eigenvalue weighted by atomic mass is 10.2. The molecule has 1 N–H and O–H groups in total. The molecule has 1 aliphatic heterocycles. The molecule has 1 saturated heterocycles. The van der Waals surface area contributed by atoms with E-state index in [1.165, 1.54) is 12.1 Å². The molecule has 30 heavy (non-hydrogen) atoms. The Kier molecular flexibility index (Phi) is 6.39. The molecule has 3 rings (SSSR count). The lowest BCUT2D eigenvalue weighted by Gasteiger charge is -2.12. The molecule has 2 aromatic carbocycles. The largest absolute Gasteiger partial charge is 0.490 e. The van der Waals surface area contributed by atoms with Gasteiger partial charge >= 0.3 is 10.1 Å². The Labute approximate surface area is 181 Å². The van der Waals surface area contributed by atoms with Gasteiger partial charge in [-0.05, 0) is 42.8 Å². The van der Waals surface area contributed by atoms with Gasteiger partial charge in [-0.3, -0.25) is 14.9 Å². The molecule has 0 spiro atoms. The fraction of sp³-hybridized carbons (Fsp3) is 0.111. The van der Waals surface area contributed by atoms with Crippen molar-refractivity contribution in [3.05, 3.63) is 63.0 Å². The first kappa shape index (κ1) is 21.7. The van der Waals surface area contributed by atoms with E-state index in [0.717, 1.165) is 36.0 Å². The van der Waals surface area contributed by atoms with Crippen LogP contribution >= 0.6 is 24.0 Å². The SMILES string of the molecule is CCOc1cc(/C=C2\SC(=S)NC2=O)ccc1OS(=O)(=O)c1ccc([N+](=O)[O-])cc1. The number of carbonyl (C=O) groups excluding carboxylic acids is 1. The quantitative estimate of drug-likeness (QED) is 0.215. The number of benzene rings is 2. The maximum atomic E-state index is 12.6. The number of hydrogen-bond acceptors (Lipinski definition) is 9. The van der Waals surface area contributed by atoms with Crippen molar-refractivity contribution < 1.29 is 27.1 Å². The normalized spacial score (nSPS) is 15.2. The predicted molar refractivity (Wildman–Crippen MR) is 115 cm³/mol. The van der Waals surface area contributed by atoms with Crippen molar-refractivity contribution in [2.45, 2.75) is 11.8 Å². The lowest BCUT2D eigenvalue weighted by molar-refractivity contribution is -0.384. The highest BCUT2D eigenvalue weighted by atomic mass is 32.2. The summed E-state index contributed by atoms with van der Waals surface area (Å²) < 4.78 is 36.1. The van der Waals surface area contributed by atoms with Gasteiger partial charge in [0.15, 0.2) is 11.5 Å². The minimum Gasteiger partial charge on any atom is -0.490 e. The fourth-order valence-electron chi connectivity index (χ4n) is 2.42. The predicted octanol–water partition coefficient (Wildman–Crippen LogP) is 3.25. The van der Waals surface area contributed by atoms with Gasteiger partial charge in [0.1, 0.15) is 9.22 Å². The molecule has 1 amide bonds. The first-order chi connectivity index (χ1) is 14.2. The zero-order valence-corrected chi connectivity index (χ0v) is 17.8. The molecule has 0 aliphatic carbocycles. The molecule has 2 aromatic rings. The summed E-state index contributed by atoms with van der Waals surface area (Å²) in [5.74, 6) is -0.219. The Morgan fingerprint density at radius 3 is 2.47 bits per heavy atom. The van der Waals surface area contributed by atoms with Crippen molar-refractivity contribution in [3.63, 3.8) is 0 Å². The second kappa shape index (κ2) is 8.81. The monoisotopic (exact) mass is 466 g/mol. The van der Waals surface area contributed by atoms with Gasteiger partial charge in [0.05, 0.1) is 16.4 Å². The summed E-state index contributed by atoms with van der Waals surface area (Å²) in [5, 5.41) is 13.2. The van der Waals surface area contributed by atoms with Gasteiger partial charge in [-0.15, -0.1) is 0 Å². The van der Waals surface area contributed by atoms with E-state index >= 15 is 0 Å². The van der Waals surface area contributed by atoms with Crippen LogP contribution in [0, 0.1) is 10.1 Å². The maximum absolute atomic E-state index is 12.6. The third kappa shape index (κ3) is 4.96. The molecule has 0 atom stereocenters. The second-order valence-corrected chi connectivity index (χ2v) is 9.05. The molecule has 9 nitrogen and oxygen atoms in total. The number of nitro groups is 1. The van der Waals surface area contributed by atoms with Crippen LogP contribution in [0.5, 0.6) is 11.5 Å². The molecule has 12 heteroatoms. The highest BCUT2D eigenvalue weighted by molar-refractivity contribution is 8.26. The molecule has 156 valence electrons. The van der Waals surface area contributed by atoms with Gasteiger partial charge in [-0.2, -0.15) is 8.42 Å². The molecule has 1 fully saturated rings. The van der Waals surface area contributed by atoms with Gasteiger partial charge in [-0.25, -0.2) is 0 Å². The molecular formula is C18H14N2O7S3. The van der Waals surface area contributed by atoms with Crippen LogP contribution in [0.1, 0.15) is 12.5 Å². The first-order valence-electron chi connectivity index (χ1n) is 8.40. The number of thiocarbonyl (C=S) groups is 1. The van der Waals surface area contributed by atoms with Crippen LogP contribution in [0.25, 0.3) is 6.08 Å². The van der Waals surface area contributed by atoms with E-state index in [1.54, 1.807) is 19.1 Å². The van der Waals surface area contributed by atoms with Crippen molar-refractivity contribution in [1.82, 2.24) is 5.32 Å². The number of nitrogens with zero attached hydrogens (tertiary/aromatic N) is 1. The van der Waals surface area contributed by atoms with E-state index in [2.05, 4.69) is 5.32 Å². The number of ether oxygens (including phenoxy) is 1. The van der Waals surface area contributed by atoms with E-state index in [1.807, 2.05) is 0 Å². The average Bonchev–Trinajstić information content (AvgIpc) is 3.01. The summed E-state index contributed by atoms with van der Waals surface area (Å²) in [6.45, 7) is 1.96. The Morgan fingerprint density at radius 2 is 1.90 bits per heavy atom. The summed E-state index contributed by atoms with van der Waals surface area (Å²) in [6, 6.07) is 8.82. The minimum atomic E-state index is -4.25. The first-order valence-corrected chi connectivity index (χ1v) is 11.0. The Balaban J connectivity index is 1.89. The number of amides is 1. The Morgan fingerprint density at radius 1 is 1.20 bits per heavy atom. The van der Waals surface area contributed by atoms with Crippen molar-refractivity contribution >= 4 is 56.1 Å². The standard InChI is InChI=1S/C18H14N2O7S3/c1-2-26-15-9-11(10-16-17(21)19-18(28)29-16)3-8-14(15)27-30(24,25)13-6-4-12(5-7-13)20(22)23/h3-10H,2H2,1H3,(H,19,21,28)/b16-10-. The van der Waals surface area contributed by atoms with Crippen LogP contribution in [0.4, 0.5) is 5.69 Å². The lowest BCUT2D eigenvalue weighted by Crippen LogP contribution is -2.17. The van der Waals surface area contributed by atoms with Gasteiger partial charge < -0.3 is 14.2 Å². The summed E-state index contributed by atoms with van der Waals surface area (Å²) >= 11 is 6.07. The zero-order valence-electron chi connectivity index (χ0n) is 15.4. The minimum absolute atomic E-state index is 0.0589. The van der Waals surface area contributed by atoms with E-state index in [0.29, 0.717) is 14.8 Å². The van der Waals surface area contributed by atoms with Gasteiger partial charge in [-0.1, -0.05) is 30.0 Å². The van der Waals surface area contributed by atoms with Crippen LogP contribution in [0.2, 0.25) is 0 Å². The number of non-ortho nitro benzene ring substituents is 1. The van der Waals surface area contributed by atoms with Crippen molar-refractivity contribution in [3.8, 4) is 11.5 Å². The smallest absolute Gasteiger partial charge is 0.339 e. The molecule has 0 radical (unpaired) electrons. The van der Waals surface area contributed by atoms with E-state index < -0.39 is 15.0 Å². The summed E-state index contributed by atoms with van der Waals surface area (Å²) in [5.41, 5.74) is 0.343. The molecule has 0 bridgehead atoms. The number of carbonyl (C=O) groups is 1. The fourth-order valence-corrected chi connectivity index (χ4v) is 4.41. The van der Waals surface area contributed by atoms with Crippen LogP contribution in [-0.4, -0.2) is 30.2 Å². The summed E-state index contributed by atoms with van der Waals surface area (Å²) in [6.07, 6.45) is 1.59. The van der Waals surface area contributed by atoms with Crippen molar-refractivity contribution in [2.75, 3.05) is 6.61 Å². The number of thioether (sulfide) groups is 1. The van der Waals surface area contributed by atoms with Crippen LogP contribution < -0.4 is 14.2 Å². The van der Waals surface area contributed by atoms with Gasteiger partial charge in [0.25, 0.3) is 11.6 Å². The average molecular weight is 467 g/mol. The zero-order chi connectivity index (χ0) is 21.9. The third-order valence-corrected chi connectivity index (χ3v) is 6.15. The van der Waals surface area contributed by atoms with Crippen LogP contribution in [0.3, 0.4) is 0 Å². The maximum Gasteiger partial charge on any atom is 0.339 e. The summed E-state index contributed by atoms with van der Waals surface area (Å²) in [7, 11) is -4.25. The Hall–Kier alpha value is -2.96. The number of nitro benzene ring substituents is 1. The molecule has 1 heterocycles. The number of nitrogens with one attached hydrogen (secondary N) is 1. The van der Waals surface area contributed by atoms with Crippen molar-refractivity contribution in [1.29, 1.82) is 0 Å². The molecular weight excluding hydrogens is 452 g/mol. The summed E-state index contributed by atoms with van der Waals surface area (Å²) in [4.78, 5) is 22.1. The van der Waals surface area contributed by atoms with Gasteiger partial charge in [0.2, 0.25) is 0 Å². The number of hydrogen-bond donors (Lipinski definition) is 1. The second-order valence-electron chi connectivity index (χ2n) is 5.78. The van der Waals surface area contributed by atoms with Crippen LogP contribution in [0.15, 0.2) is 52.3 Å². The molecule has 0 unspecified atom stereocenters. The number of rotatable bonds is 7. The molecule has 0 saturated carbocycles. The highest BCUT2D eigenvalue weighted by Crippen LogP contribution is 2.33. The van der Waals surface area contributed by atoms with Gasteiger partial charge in [0, 0.05) is 12.1 Å². The topological polar surface area (TPSA) is 125 Å². The Bertz CT molecular complexity index is 1160. The molecule has 0 aromatic heterocycles. The highest BCUT2D eigenvalue weighted by Gasteiger charge is 2.23. The van der Waals surface area contributed by atoms with E-state index in [-0.39, 0.29) is 34.6 Å². The van der Waals surface area contributed by atoms with E-state index in [4.69, 9.17) is 21.1 Å². The molecule has 1 aliphatic rings. The van der Waals surface area contributed by atoms with E-state index in [9.17, 15) is 23.3 Å². The van der Waals surface area contributed by atoms with Crippen molar-refractivity contribution in [2.24, 2.45) is 0 Å². The van der Waals surface area contributed by atoms with Crippen LogP contribution in [-0.2, 0) is 14.9 Å².